The van der Waals surface area contributed by atoms with Crippen LogP contribution in [0.15, 0.2) is 381 Å². The summed E-state index contributed by atoms with van der Waals surface area (Å²) in [7, 11) is 0. The SMILES string of the molecule is CC(C)(C)c1cc2c3c(c1)N1c4cc(-n5c6ccccc6c6ccc(-c7ccccc7)cc65)ccc4B3c3ccc(-n4c5ccccc5c5ccc(-c6ccccc6)cc54)cc3N2c2c(-c3ccccc3)cccc2-c2cccc(c2)-c2ccc3oc4ccc(cc4c3c2)-c2cccc(c2)-c2cccc(-c3ccccc3)c21. The summed E-state index contributed by atoms with van der Waals surface area (Å²) in [5.74, 6) is 0. The fourth-order valence-corrected chi connectivity index (χ4v) is 18.9. The highest BCUT2D eigenvalue weighted by atomic mass is 16.3. The van der Waals surface area contributed by atoms with Gasteiger partial charge in [-0.05, 0) is 191 Å². The van der Waals surface area contributed by atoms with Crippen LogP contribution in [0.4, 0.5) is 34.1 Å². The van der Waals surface area contributed by atoms with E-state index in [0.29, 0.717) is 0 Å². The Hall–Kier alpha value is -14.2. The molecule has 0 saturated heterocycles. The van der Waals surface area contributed by atoms with Gasteiger partial charge in [0.15, 0.2) is 0 Å². The molecular formula is C106H71BN4O. The van der Waals surface area contributed by atoms with Gasteiger partial charge in [-0.2, -0.15) is 0 Å². The summed E-state index contributed by atoms with van der Waals surface area (Å²) in [6.45, 7) is 6.90. The lowest BCUT2D eigenvalue weighted by atomic mass is 9.33. The summed E-state index contributed by atoms with van der Waals surface area (Å²) >= 11 is 0. The van der Waals surface area contributed by atoms with Gasteiger partial charge < -0.3 is 23.4 Å². The Labute approximate surface area is 650 Å². The first-order valence-corrected chi connectivity index (χ1v) is 39.0. The van der Waals surface area contributed by atoms with Crippen LogP contribution in [0.3, 0.4) is 0 Å². The van der Waals surface area contributed by atoms with Crippen LogP contribution in [-0.2, 0) is 5.41 Å². The largest absolute Gasteiger partial charge is 0.456 e. The van der Waals surface area contributed by atoms with Crippen LogP contribution in [0.1, 0.15) is 26.3 Å². The van der Waals surface area contributed by atoms with Crippen LogP contribution in [-0.4, -0.2) is 15.8 Å². The van der Waals surface area contributed by atoms with Crippen molar-refractivity contribution in [3.63, 3.8) is 0 Å². The first kappa shape index (κ1) is 63.9. The molecule has 3 aliphatic heterocycles. The minimum absolute atomic E-state index is 0.282. The van der Waals surface area contributed by atoms with Gasteiger partial charge in [-0.3, -0.25) is 0 Å². The van der Waals surface area contributed by atoms with Crippen molar-refractivity contribution in [1.29, 1.82) is 0 Å². The standard InChI is InChI=1S/C106H71BN4O/c1-106(2,3)78-62-99-103-100(63-78)111-98-65-80(109-94-43-19-17-37-86(94)88-51-45-75(61-96(88)109)67-26-10-5-11-27-67)49-53-92(98)107(103)91-52-48-79(108-93-42-18-16-36-85(93)87-50-44-74(60-95(87)108)66-24-8-4-9-25-66)64-97(91)110(99)104-81(68-28-12-6-13-29-68)38-22-40-83(104)76-34-20-32-70(56-76)72-46-54-101-89(58-72)90-59-73(47-55-102(90)112-101)71-33-21-35-77(57-71)84-41-23-39-82(105(84)111)69-30-14-7-15-31-69/h4-65H,1-3H3. The molecule has 3 aromatic heterocycles. The maximum Gasteiger partial charge on any atom is 0.252 e. The number of nitrogens with zero attached hydrogens (tertiary/aromatic N) is 4. The van der Waals surface area contributed by atoms with E-state index in [0.717, 1.165) is 156 Å². The van der Waals surface area contributed by atoms with Crippen molar-refractivity contribution >= 4 is 123 Å². The summed E-state index contributed by atoms with van der Waals surface area (Å²) in [5.41, 5.74) is 37.6. The summed E-state index contributed by atoms with van der Waals surface area (Å²) in [6.07, 6.45) is 0. The van der Waals surface area contributed by atoms with Gasteiger partial charge in [0, 0.05) is 88.7 Å². The Balaban J connectivity index is 0.894. The van der Waals surface area contributed by atoms with Crippen molar-refractivity contribution in [2.75, 3.05) is 9.80 Å². The molecule has 0 spiro atoms. The van der Waals surface area contributed by atoms with Gasteiger partial charge in [0.25, 0.3) is 6.71 Å². The molecular weight excluding hydrogens is 1360 g/mol. The van der Waals surface area contributed by atoms with E-state index >= 15 is 0 Å². The molecule has 6 heteroatoms. The molecule has 5 nitrogen and oxygen atoms in total. The zero-order valence-electron chi connectivity index (χ0n) is 62.1. The zero-order valence-corrected chi connectivity index (χ0v) is 62.1. The van der Waals surface area contributed by atoms with E-state index in [1.807, 2.05) is 0 Å². The highest BCUT2D eigenvalue weighted by Gasteiger charge is 2.46. The molecule has 0 radical (unpaired) electrons. The van der Waals surface area contributed by atoms with E-state index in [4.69, 9.17) is 4.42 Å². The van der Waals surface area contributed by atoms with Crippen LogP contribution in [0.25, 0.3) is 166 Å². The molecule has 112 heavy (non-hydrogen) atoms. The third-order valence-electron chi connectivity index (χ3n) is 24.2. The number of hydrogen-bond donors (Lipinski definition) is 0. The Kier molecular flexibility index (Phi) is 14.1. The zero-order chi connectivity index (χ0) is 74.0. The lowest BCUT2D eigenvalue weighted by Gasteiger charge is -2.46. The van der Waals surface area contributed by atoms with Gasteiger partial charge in [0.2, 0.25) is 0 Å². The predicted octanol–water partition coefficient (Wildman–Crippen LogP) is 26.8. The summed E-state index contributed by atoms with van der Waals surface area (Å²) in [6, 6.07) is 142. The van der Waals surface area contributed by atoms with Gasteiger partial charge in [-0.1, -0.05) is 300 Å². The van der Waals surface area contributed by atoms with Crippen molar-refractivity contribution in [2.24, 2.45) is 0 Å². The molecule has 20 aromatic rings. The Morgan fingerprint density at radius 3 is 1.03 bits per heavy atom. The van der Waals surface area contributed by atoms with Crippen molar-refractivity contribution < 1.29 is 4.42 Å². The molecule has 23 rings (SSSR count). The molecule has 0 saturated carbocycles. The average Bonchev–Trinajstić information content (AvgIpc) is 0.858. The number of furan rings is 1. The first-order valence-electron chi connectivity index (χ1n) is 39.0. The summed E-state index contributed by atoms with van der Waals surface area (Å²) in [5, 5.41) is 6.97. The van der Waals surface area contributed by atoms with E-state index in [2.05, 4.69) is 416 Å². The number of benzene rings is 17. The van der Waals surface area contributed by atoms with Crippen LogP contribution in [0.5, 0.6) is 0 Å². The van der Waals surface area contributed by atoms with Crippen LogP contribution < -0.4 is 26.2 Å². The second-order valence-corrected chi connectivity index (χ2v) is 31.5. The second kappa shape index (κ2) is 24.7. The molecule has 0 atom stereocenters. The van der Waals surface area contributed by atoms with Gasteiger partial charge >= 0.3 is 0 Å². The normalized spacial score (nSPS) is 12.7. The molecule has 6 heterocycles. The predicted molar refractivity (Wildman–Crippen MR) is 472 cm³/mol. The molecule has 524 valence electrons. The maximum atomic E-state index is 6.77. The number of fused-ring (bicyclic) bond motifs is 26. The molecule has 0 fully saturated rings. The van der Waals surface area contributed by atoms with Crippen molar-refractivity contribution in [2.45, 2.75) is 26.2 Å². The van der Waals surface area contributed by atoms with E-state index in [9.17, 15) is 0 Å². The molecule has 0 amide bonds. The molecule has 17 aromatic carbocycles. The lowest BCUT2D eigenvalue weighted by Crippen LogP contribution is -2.61. The highest BCUT2D eigenvalue weighted by molar-refractivity contribution is 7.00. The van der Waals surface area contributed by atoms with Gasteiger partial charge in [-0.15, -0.1) is 0 Å². The van der Waals surface area contributed by atoms with Crippen molar-refractivity contribution in [1.82, 2.24) is 9.13 Å². The van der Waals surface area contributed by atoms with E-state index in [1.54, 1.807) is 0 Å². The van der Waals surface area contributed by atoms with Crippen molar-refractivity contribution in [3.8, 4) is 100 Å². The third kappa shape index (κ3) is 9.84. The lowest BCUT2D eigenvalue weighted by molar-refractivity contribution is 0.590. The number of anilines is 6. The Morgan fingerprint density at radius 1 is 0.241 bits per heavy atom. The van der Waals surface area contributed by atoms with Crippen molar-refractivity contribution in [3.05, 3.63) is 382 Å². The monoisotopic (exact) mass is 1430 g/mol. The van der Waals surface area contributed by atoms with E-state index < -0.39 is 0 Å². The molecule has 0 N–H and O–H groups in total. The number of para-hydroxylation sites is 4. The fourth-order valence-electron chi connectivity index (χ4n) is 18.9. The number of hydrogen-bond acceptors (Lipinski definition) is 3. The summed E-state index contributed by atoms with van der Waals surface area (Å²) in [4.78, 5) is 5.43. The van der Waals surface area contributed by atoms with Gasteiger partial charge in [-0.25, -0.2) is 0 Å². The quantitative estimate of drug-likeness (QED) is 0.155. The second-order valence-electron chi connectivity index (χ2n) is 31.5. The Bertz CT molecular complexity index is 6880. The Morgan fingerprint density at radius 2 is 0.589 bits per heavy atom. The average molecular weight is 1430 g/mol. The van der Waals surface area contributed by atoms with Gasteiger partial charge in [0.05, 0.1) is 33.4 Å². The number of rotatable bonds is 6. The molecule has 13 bridgehead atoms. The minimum Gasteiger partial charge on any atom is -0.456 e. The summed E-state index contributed by atoms with van der Waals surface area (Å²) < 4.78 is 11.8. The van der Waals surface area contributed by atoms with E-state index in [-0.39, 0.29) is 12.1 Å². The minimum atomic E-state index is -0.365. The smallest absolute Gasteiger partial charge is 0.252 e. The molecule has 0 aliphatic carbocycles. The highest BCUT2D eigenvalue weighted by Crippen LogP contribution is 2.55. The third-order valence-corrected chi connectivity index (χ3v) is 24.2. The topological polar surface area (TPSA) is 29.5 Å². The van der Waals surface area contributed by atoms with E-state index in [1.165, 1.54) is 65.8 Å². The van der Waals surface area contributed by atoms with Crippen LogP contribution in [0.2, 0.25) is 0 Å². The van der Waals surface area contributed by atoms with Crippen LogP contribution in [0, 0.1) is 0 Å². The van der Waals surface area contributed by atoms with Gasteiger partial charge in [0.1, 0.15) is 11.2 Å². The fraction of sp³-hybridized carbons (Fsp3) is 0.0377. The van der Waals surface area contributed by atoms with Crippen LogP contribution >= 0.6 is 0 Å². The number of aromatic nitrogens is 2. The molecule has 0 unspecified atom stereocenters. The first-order chi connectivity index (χ1) is 55.2. The molecule has 3 aliphatic rings. The maximum absolute atomic E-state index is 6.77.